The molecule has 140 valence electrons. The normalized spacial score (nSPS) is 13.3. The van der Waals surface area contributed by atoms with Gasteiger partial charge in [-0.3, -0.25) is 14.5 Å². The SMILES string of the molecule is COc1cc(OC)cc(C(=O)Nc2ccc(CN3C(=O)CNC3=O)cc2)c1. The lowest BCUT2D eigenvalue weighted by molar-refractivity contribution is -0.125. The summed E-state index contributed by atoms with van der Waals surface area (Å²) in [5.74, 6) is 0.463. The zero-order valence-electron chi connectivity index (χ0n) is 14.9. The number of rotatable bonds is 6. The minimum absolute atomic E-state index is 0.0248. The molecule has 1 saturated heterocycles. The fourth-order valence-corrected chi connectivity index (χ4v) is 2.63. The van der Waals surface area contributed by atoms with Crippen LogP contribution in [0.25, 0.3) is 0 Å². The number of urea groups is 1. The first-order chi connectivity index (χ1) is 13.0. The van der Waals surface area contributed by atoms with Crippen LogP contribution in [0.1, 0.15) is 15.9 Å². The van der Waals surface area contributed by atoms with Gasteiger partial charge in [-0.1, -0.05) is 12.1 Å². The number of nitrogens with one attached hydrogen (secondary N) is 2. The summed E-state index contributed by atoms with van der Waals surface area (Å²) in [6.45, 7) is 0.211. The number of carbonyl (C=O) groups is 3. The number of ether oxygens (including phenoxy) is 2. The van der Waals surface area contributed by atoms with E-state index >= 15 is 0 Å². The number of hydrogen-bond donors (Lipinski definition) is 2. The summed E-state index contributed by atoms with van der Waals surface area (Å²) >= 11 is 0. The molecule has 3 rings (SSSR count). The van der Waals surface area contributed by atoms with Crippen molar-refractivity contribution in [1.29, 1.82) is 0 Å². The summed E-state index contributed by atoms with van der Waals surface area (Å²) in [6, 6.07) is 11.4. The van der Waals surface area contributed by atoms with Crippen LogP contribution >= 0.6 is 0 Å². The fraction of sp³-hybridized carbons (Fsp3) is 0.211. The van der Waals surface area contributed by atoms with Gasteiger partial charge in [0.1, 0.15) is 11.5 Å². The van der Waals surface area contributed by atoms with Crippen molar-refractivity contribution < 1.29 is 23.9 Å². The van der Waals surface area contributed by atoms with Crippen LogP contribution in [-0.2, 0) is 11.3 Å². The van der Waals surface area contributed by atoms with E-state index in [9.17, 15) is 14.4 Å². The molecule has 27 heavy (non-hydrogen) atoms. The second-order valence-corrected chi connectivity index (χ2v) is 5.89. The third kappa shape index (κ3) is 4.17. The predicted molar refractivity (Wildman–Crippen MR) is 97.9 cm³/mol. The van der Waals surface area contributed by atoms with Gasteiger partial charge in [-0.2, -0.15) is 0 Å². The minimum Gasteiger partial charge on any atom is -0.497 e. The Bertz CT molecular complexity index is 841. The van der Waals surface area contributed by atoms with Gasteiger partial charge in [-0.05, 0) is 29.8 Å². The highest BCUT2D eigenvalue weighted by Crippen LogP contribution is 2.23. The third-order valence-corrected chi connectivity index (χ3v) is 4.10. The topological polar surface area (TPSA) is 97.0 Å². The van der Waals surface area contributed by atoms with E-state index in [1.165, 1.54) is 14.2 Å². The van der Waals surface area contributed by atoms with Crippen LogP contribution < -0.4 is 20.1 Å². The van der Waals surface area contributed by atoms with Gasteiger partial charge in [0.25, 0.3) is 5.91 Å². The summed E-state index contributed by atoms with van der Waals surface area (Å²) in [5.41, 5.74) is 1.76. The molecule has 0 radical (unpaired) electrons. The van der Waals surface area contributed by atoms with Crippen molar-refractivity contribution in [3.63, 3.8) is 0 Å². The number of hydrogen-bond acceptors (Lipinski definition) is 5. The van der Waals surface area contributed by atoms with Gasteiger partial charge in [0.15, 0.2) is 0 Å². The molecule has 0 saturated carbocycles. The van der Waals surface area contributed by atoms with E-state index in [0.29, 0.717) is 22.7 Å². The van der Waals surface area contributed by atoms with Gasteiger partial charge < -0.3 is 20.1 Å². The maximum absolute atomic E-state index is 12.5. The molecule has 2 aromatic rings. The fourth-order valence-electron chi connectivity index (χ4n) is 2.63. The summed E-state index contributed by atoms with van der Waals surface area (Å²) in [6.07, 6.45) is 0. The van der Waals surface area contributed by atoms with Crippen LogP contribution in [0.2, 0.25) is 0 Å². The second-order valence-electron chi connectivity index (χ2n) is 5.89. The quantitative estimate of drug-likeness (QED) is 0.759. The molecular weight excluding hydrogens is 350 g/mol. The van der Waals surface area contributed by atoms with Gasteiger partial charge in [-0.25, -0.2) is 4.79 Å². The number of nitrogens with zero attached hydrogens (tertiary/aromatic N) is 1. The lowest BCUT2D eigenvalue weighted by atomic mass is 10.1. The molecular formula is C19H19N3O5. The van der Waals surface area contributed by atoms with Crippen molar-refractivity contribution in [2.45, 2.75) is 6.54 Å². The molecule has 2 N–H and O–H groups in total. The van der Waals surface area contributed by atoms with Crippen LogP contribution in [0.4, 0.5) is 10.5 Å². The first-order valence-corrected chi connectivity index (χ1v) is 8.21. The maximum Gasteiger partial charge on any atom is 0.324 e. The molecule has 2 aromatic carbocycles. The van der Waals surface area contributed by atoms with E-state index in [-0.39, 0.29) is 24.9 Å². The predicted octanol–water partition coefficient (Wildman–Crippen LogP) is 2.01. The van der Waals surface area contributed by atoms with Gasteiger partial charge in [0.05, 0.1) is 27.3 Å². The van der Waals surface area contributed by atoms with E-state index in [1.807, 2.05) is 0 Å². The number of carbonyl (C=O) groups excluding carboxylic acids is 3. The Kier molecular flexibility index (Phi) is 5.25. The van der Waals surface area contributed by atoms with E-state index in [4.69, 9.17) is 9.47 Å². The Morgan fingerprint density at radius 1 is 1.07 bits per heavy atom. The van der Waals surface area contributed by atoms with Crippen molar-refractivity contribution in [2.24, 2.45) is 0 Å². The molecule has 0 aliphatic carbocycles. The van der Waals surface area contributed by atoms with Gasteiger partial charge in [0, 0.05) is 17.3 Å². The molecule has 0 aromatic heterocycles. The van der Waals surface area contributed by atoms with Crippen LogP contribution in [0.15, 0.2) is 42.5 Å². The number of benzene rings is 2. The minimum atomic E-state index is -0.399. The molecule has 0 bridgehead atoms. The largest absolute Gasteiger partial charge is 0.497 e. The van der Waals surface area contributed by atoms with Crippen LogP contribution in [0.5, 0.6) is 11.5 Å². The molecule has 0 unspecified atom stereocenters. The number of imide groups is 1. The smallest absolute Gasteiger partial charge is 0.324 e. The maximum atomic E-state index is 12.5. The zero-order valence-corrected chi connectivity index (χ0v) is 14.9. The Hall–Kier alpha value is -3.55. The van der Waals surface area contributed by atoms with Crippen molar-refractivity contribution in [1.82, 2.24) is 10.2 Å². The van der Waals surface area contributed by atoms with Crippen molar-refractivity contribution in [2.75, 3.05) is 26.1 Å². The third-order valence-electron chi connectivity index (χ3n) is 4.10. The molecule has 4 amide bonds. The Morgan fingerprint density at radius 3 is 2.22 bits per heavy atom. The van der Waals surface area contributed by atoms with E-state index < -0.39 is 6.03 Å². The van der Waals surface area contributed by atoms with E-state index in [1.54, 1.807) is 42.5 Å². The van der Waals surface area contributed by atoms with Crippen LogP contribution in [0.3, 0.4) is 0 Å². The van der Waals surface area contributed by atoms with Crippen LogP contribution in [-0.4, -0.2) is 43.5 Å². The highest BCUT2D eigenvalue weighted by atomic mass is 16.5. The molecule has 1 fully saturated rings. The van der Waals surface area contributed by atoms with Crippen LogP contribution in [0, 0.1) is 0 Å². The molecule has 1 aliphatic heterocycles. The molecule has 1 heterocycles. The Morgan fingerprint density at radius 2 is 1.70 bits per heavy atom. The van der Waals surface area contributed by atoms with E-state index in [0.717, 1.165) is 10.5 Å². The number of anilines is 1. The summed E-state index contributed by atoms with van der Waals surface area (Å²) < 4.78 is 10.3. The Balaban J connectivity index is 1.68. The summed E-state index contributed by atoms with van der Waals surface area (Å²) in [7, 11) is 3.03. The first-order valence-electron chi connectivity index (χ1n) is 8.21. The van der Waals surface area contributed by atoms with Crippen molar-refractivity contribution in [3.8, 4) is 11.5 Å². The zero-order chi connectivity index (χ0) is 19.4. The summed E-state index contributed by atoms with van der Waals surface area (Å²) in [4.78, 5) is 36.8. The molecule has 8 heteroatoms. The monoisotopic (exact) mass is 369 g/mol. The second kappa shape index (κ2) is 7.77. The van der Waals surface area contributed by atoms with E-state index in [2.05, 4.69) is 10.6 Å². The average molecular weight is 369 g/mol. The lowest BCUT2D eigenvalue weighted by Gasteiger charge is -2.13. The molecule has 0 atom stereocenters. The van der Waals surface area contributed by atoms with Crippen molar-refractivity contribution >= 4 is 23.5 Å². The summed E-state index contributed by atoms with van der Waals surface area (Å²) in [5, 5.41) is 5.26. The van der Waals surface area contributed by atoms with Gasteiger partial charge in [-0.15, -0.1) is 0 Å². The first kappa shape index (κ1) is 18.2. The molecule has 0 spiro atoms. The molecule has 1 aliphatic rings. The van der Waals surface area contributed by atoms with Gasteiger partial charge >= 0.3 is 6.03 Å². The van der Waals surface area contributed by atoms with Crippen molar-refractivity contribution in [3.05, 3.63) is 53.6 Å². The highest BCUT2D eigenvalue weighted by molar-refractivity contribution is 6.05. The lowest BCUT2D eigenvalue weighted by Crippen LogP contribution is -2.30. The standard InChI is InChI=1S/C19H19N3O5/c1-26-15-7-13(8-16(9-15)27-2)18(24)21-14-5-3-12(4-6-14)11-22-17(23)10-20-19(22)25/h3-9H,10-11H2,1-2H3,(H,20,25)(H,21,24). The Labute approximate surface area is 156 Å². The molecule has 8 nitrogen and oxygen atoms in total. The number of methoxy groups -OCH3 is 2. The number of amides is 4. The highest BCUT2D eigenvalue weighted by Gasteiger charge is 2.28. The average Bonchev–Trinajstić information content (AvgIpc) is 3.00. The van der Waals surface area contributed by atoms with Gasteiger partial charge in [0.2, 0.25) is 5.91 Å².